The predicted molar refractivity (Wildman–Crippen MR) is 126 cm³/mol. The van der Waals surface area contributed by atoms with Gasteiger partial charge in [0.25, 0.3) is 0 Å². The standard InChI is InChI=1S/C24H29F3N6O2/c25-24(26,27)19-5-1-2-6-20(19)30-22(34)17-31-13-15-33(16-14-31)23(35)29-18-8-11-32(12-9-18)21-7-3-4-10-28-21/h1-7,10,18H,8-9,11-17H2,(H,29,35)(H,30,34). The molecule has 8 nitrogen and oxygen atoms in total. The van der Waals surface area contributed by atoms with Gasteiger partial charge in [-0.25, -0.2) is 9.78 Å². The lowest BCUT2D eigenvalue weighted by atomic mass is 10.1. The normalized spacial score (nSPS) is 17.8. The van der Waals surface area contributed by atoms with Crippen LogP contribution in [0.15, 0.2) is 48.7 Å². The minimum absolute atomic E-state index is 0.0341. The lowest BCUT2D eigenvalue weighted by Gasteiger charge is -2.37. The van der Waals surface area contributed by atoms with Gasteiger partial charge in [0.1, 0.15) is 5.82 Å². The summed E-state index contributed by atoms with van der Waals surface area (Å²) in [7, 11) is 0. The van der Waals surface area contributed by atoms with E-state index in [1.54, 1.807) is 11.1 Å². The number of hydrogen-bond donors (Lipinski definition) is 2. The van der Waals surface area contributed by atoms with Crippen molar-refractivity contribution in [2.75, 3.05) is 56.0 Å². The van der Waals surface area contributed by atoms with Gasteiger partial charge in [-0.2, -0.15) is 13.2 Å². The molecule has 2 fully saturated rings. The van der Waals surface area contributed by atoms with E-state index in [1.165, 1.54) is 18.2 Å². The second-order valence-electron chi connectivity index (χ2n) is 8.75. The number of alkyl halides is 3. The third kappa shape index (κ3) is 6.62. The molecule has 0 saturated carbocycles. The van der Waals surface area contributed by atoms with Gasteiger partial charge in [0.15, 0.2) is 0 Å². The molecule has 2 aromatic rings. The number of para-hydroxylation sites is 1. The fourth-order valence-electron chi connectivity index (χ4n) is 4.40. The van der Waals surface area contributed by atoms with Crippen LogP contribution in [0.25, 0.3) is 0 Å². The van der Waals surface area contributed by atoms with E-state index in [1.807, 2.05) is 23.1 Å². The molecule has 3 heterocycles. The highest BCUT2D eigenvalue weighted by atomic mass is 19.4. The summed E-state index contributed by atoms with van der Waals surface area (Å²) < 4.78 is 39.4. The summed E-state index contributed by atoms with van der Waals surface area (Å²) in [6.07, 6.45) is -1.10. The number of aromatic nitrogens is 1. The quantitative estimate of drug-likeness (QED) is 0.674. The molecule has 0 unspecified atom stereocenters. The summed E-state index contributed by atoms with van der Waals surface area (Å²) in [5, 5.41) is 5.47. The van der Waals surface area contributed by atoms with E-state index in [-0.39, 0.29) is 24.3 Å². The summed E-state index contributed by atoms with van der Waals surface area (Å²) in [6, 6.07) is 10.7. The Balaban J connectivity index is 1.19. The summed E-state index contributed by atoms with van der Waals surface area (Å²) >= 11 is 0. The Labute approximate surface area is 202 Å². The Morgan fingerprint density at radius 3 is 2.29 bits per heavy atom. The maximum atomic E-state index is 13.1. The number of rotatable bonds is 5. The van der Waals surface area contributed by atoms with Crippen LogP contribution in [0, 0.1) is 0 Å². The molecule has 3 amide bonds. The first kappa shape index (κ1) is 24.8. The molecule has 0 aliphatic carbocycles. The largest absolute Gasteiger partial charge is 0.418 e. The number of nitrogens with zero attached hydrogens (tertiary/aromatic N) is 4. The van der Waals surface area contributed by atoms with Gasteiger partial charge in [0.05, 0.1) is 17.8 Å². The molecular formula is C24H29F3N6O2. The van der Waals surface area contributed by atoms with E-state index in [0.29, 0.717) is 26.2 Å². The highest BCUT2D eigenvalue weighted by Crippen LogP contribution is 2.34. The van der Waals surface area contributed by atoms with Crippen molar-refractivity contribution in [3.05, 3.63) is 54.2 Å². The molecule has 1 aromatic carbocycles. The molecule has 188 valence electrons. The van der Waals surface area contributed by atoms with Crippen molar-refractivity contribution >= 4 is 23.4 Å². The van der Waals surface area contributed by atoms with Crippen molar-refractivity contribution in [3.63, 3.8) is 0 Å². The molecule has 2 aliphatic heterocycles. The number of hydrogen-bond acceptors (Lipinski definition) is 5. The molecule has 35 heavy (non-hydrogen) atoms. The van der Waals surface area contributed by atoms with Crippen LogP contribution in [0.5, 0.6) is 0 Å². The number of pyridine rings is 1. The van der Waals surface area contributed by atoms with Crippen molar-refractivity contribution in [1.82, 2.24) is 20.1 Å². The lowest BCUT2D eigenvalue weighted by Crippen LogP contribution is -2.55. The highest BCUT2D eigenvalue weighted by Gasteiger charge is 2.34. The van der Waals surface area contributed by atoms with Crippen LogP contribution in [0.2, 0.25) is 0 Å². The van der Waals surface area contributed by atoms with Gasteiger partial charge in [-0.1, -0.05) is 18.2 Å². The fraction of sp³-hybridized carbons (Fsp3) is 0.458. The van der Waals surface area contributed by atoms with E-state index in [4.69, 9.17) is 0 Å². The Kier molecular flexibility index (Phi) is 7.74. The zero-order chi connectivity index (χ0) is 24.8. The molecule has 0 bridgehead atoms. The minimum Gasteiger partial charge on any atom is -0.356 e. The van der Waals surface area contributed by atoms with Gasteiger partial charge in [0.2, 0.25) is 5.91 Å². The van der Waals surface area contributed by atoms with Crippen molar-refractivity contribution in [3.8, 4) is 0 Å². The minimum atomic E-state index is -4.54. The monoisotopic (exact) mass is 490 g/mol. The van der Waals surface area contributed by atoms with Gasteiger partial charge >= 0.3 is 12.2 Å². The number of benzene rings is 1. The molecule has 0 atom stereocenters. The number of nitrogens with one attached hydrogen (secondary N) is 2. The number of carbonyl (C=O) groups excluding carboxylic acids is 2. The molecule has 0 radical (unpaired) electrons. The number of amides is 3. The first-order valence-electron chi connectivity index (χ1n) is 11.7. The second kappa shape index (κ2) is 10.9. The molecule has 2 N–H and O–H groups in total. The Hall–Kier alpha value is -3.34. The predicted octanol–water partition coefficient (Wildman–Crippen LogP) is 3.04. The molecule has 1 aromatic heterocycles. The Morgan fingerprint density at radius 1 is 0.943 bits per heavy atom. The summed E-state index contributed by atoms with van der Waals surface area (Å²) in [4.78, 5) is 35.2. The van der Waals surface area contributed by atoms with Crippen LogP contribution >= 0.6 is 0 Å². The first-order valence-corrected chi connectivity index (χ1v) is 11.7. The van der Waals surface area contributed by atoms with Crippen LogP contribution in [0.1, 0.15) is 18.4 Å². The van der Waals surface area contributed by atoms with Crippen molar-refractivity contribution in [2.45, 2.75) is 25.1 Å². The lowest BCUT2D eigenvalue weighted by molar-refractivity contribution is -0.137. The van der Waals surface area contributed by atoms with Gasteiger partial charge in [-0.05, 0) is 37.1 Å². The molecular weight excluding hydrogens is 461 g/mol. The molecule has 2 aliphatic rings. The third-order valence-electron chi connectivity index (χ3n) is 6.33. The fourth-order valence-corrected chi connectivity index (χ4v) is 4.40. The number of halogens is 3. The second-order valence-corrected chi connectivity index (χ2v) is 8.75. The smallest absolute Gasteiger partial charge is 0.356 e. The number of urea groups is 1. The van der Waals surface area contributed by atoms with Gasteiger partial charge in [-0.3, -0.25) is 9.69 Å². The Morgan fingerprint density at radius 2 is 1.63 bits per heavy atom. The third-order valence-corrected chi connectivity index (χ3v) is 6.33. The molecule has 11 heteroatoms. The maximum absolute atomic E-state index is 13.1. The van der Waals surface area contributed by atoms with Crippen LogP contribution in [0.4, 0.5) is 29.5 Å². The summed E-state index contributed by atoms with van der Waals surface area (Å²) in [5.41, 5.74) is -1.13. The van der Waals surface area contributed by atoms with Crippen LogP contribution in [-0.4, -0.2) is 78.6 Å². The topological polar surface area (TPSA) is 80.8 Å². The zero-order valence-electron chi connectivity index (χ0n) is 19.3. The molecule has 0 spiro atoms. The summed E-state index contributed by atoms with van der Waals surface area (Å²) in [5.74, 6) is 0.429. The highest BCUT2D eigenvalue weighted by molar-refractivity contribution is 5.93. The SMILES string of the molecule is O=C(CN1CCN(C(=O)NC2CCN(c3ccccn3)CC2)CC1)Nc1ccccc1C(F)(F)F. The van der Waals surface area contributed by atoms with E-state index in [0.717, 1.165) is 37.8 Å². The van der Waals surface area contributed by atoms with E-state index >= 15 is 0 Å². The maximum Gasteiger partial charge on any atom is 0.418 e. The number of anilines is 2. The Bertz CT molecular complexity index is 1000. The average molecular weight is 491 g/mol. The van der Waals surface area contributed by atoms with Crippen LogP contribution in [0.3, 0.4) is 0 Å². The van der Waals surface area contributed by atoms with Crippen LogP contribution in [-0.2, 0) is 11.0 Å². The number of piperazine rings is 1. The van der Waals surface area contributed by atoms with Gasteiger partial charge in [-0.15, -0.1) is 0 Å². The molecule has 4 rings (SSSR count). The number of carbonyl (C=O) groups is 2. The van der Waals surface area contributed by atoms with E-state index < -0.39 is 17.6 Å². The van der Waals surface area contributed by atoms with Crippen molar-refractivity contribution < 1.29 is 22.8 Å². The zero-order valence-corrected chi connectivity index (χ0v) is 19.3. The number of piperidine rings is 1. The summed E-state index contributed by atoms with van der Waals surface area (Å²) in [6.45, 7) is 3.45. The van der Waals surface area contributed by atoms with Crippen LogP contribution < -0.4 is 15.5 Å². The van der Waals surface area contributed by atoms with Gasteiger partial charge < -0.3 is 20.4 Å². The van der Waals surface area contributed by atoms with E-state index in [9.17, 15) is 22.8 Å². The molecule has 2 saturated heterocycles. The first-order chi connectivity index (χ1) is 16.8. The van der Waals surface area contributed by atoms with Crippen molar-refractivity contribution in [1.29, 1.82) is 0 Å². The van der Waals surface area contributed by atoms with Gasteiger partial charge in [0, 0.05) is 51.5 Å². The van der Waals surface area contributed by atoms with Crippen molar-refractivity contribution in [2.24, 2.45) is 0 Å². The average Bonchev–Trinajstić information content (AvgIpc) is 2.85. The van der Waals surface area contributed by atoms with E-state index in [2.05, 4.69) is 20.5 Å².